The molecule has 0 aliphatic carbocycles. The number of aliphatic hydroxyl groups is 1. The summed E-state index contributed by atoms with van der Waals surface area (Å²) in [5, 5.41) is 12.1. The summed E-state index contributed by atoms with van der Waals surface area (Å²) in [5.41, 5.74) is 3.34. The van der Waals surface area contributed by atoms with E-state index in [-0.39, 0.29) is 19.1 Å². The second-order valence-corrected chi connectivity index (χ2v) is 5.02. The Morgan fingerprint density at radius 3 is 2.75 bits per heavy atom. The number of benzene rings is 1. The van der Waals surface area contributed by atoms with Crippen LogP contribution in [0, 0.1) is 13.8 Å². The molecule has 2 N–H and O–H groups in total. The highest BCUT2D eigenvalue weighted by molar-refractivity contribution is 6.30. The number of nitrogens with zero attached hydrogens (tertiary/aromatic N) is 1. The molecule has 1 amide bonds. The molecule has 0 saturated heterocycles. The number of aromatic nitrogens is 1. The molecule has 2 rings (SSSR count). The van der Waals surface area contributed by atoms with Gasteiger partial charge in [-0.25, -0.2) is 0 Å². The molecule has 0 aliphatic heterocycles. The Morgan fingerprint density at radius 2 is 2.10 bits per heavy atom. The molecule has 1 heterocycles. The van der Waals surface area contributed by atoms with E-state index in [0.717, 1.165) is 17.1 Å². The zero-order valence-corrected chi connectivity index (χ0v) is 12.2. The highest BCUT2D eigenvalue weighted by Gasteiger charge is 2.16. The van der Waals surface area contributed by atoms with Crippen LogP contribution in [-0.4, -0.2) is 28.7 Å². The third kappa shape index (κ3) is 2.86. The highest BCUT2D eigenvalue weighted by Crippen LogP contribution is 2.22. The van der Waals surface area contributed by atoms with Crippen molar-refractivity contribution in [1.82, 2.24) is 9.88 Å². The van der Waals surface area contributed by atoms with Crippen LogP contribution in [-0.2, 0) is 0 Å². The lowest BCUT2D eigenvalue weighted by molar-refractivity contribution is 0.0944. The van der Waals surface area contributed by atoms with Crippen LogP contribution in [0.2, 0.25) is 5.02 Å². The molecular formula is C15H17ClN2O2. The van der Waals surface area contributed by atoms with Gasteiger partial charge in [-0.1, -0.05) is 17.7 Å². The summed E-state index contributed by atoms with van der Waals surface area (Å²) in [4.78, 5) is 12.0. The van der Waals surface area contributed by atoms with E-state index in [2.05, 4.69) is 5.32 Å². The van der Waals surface area contributed by atoms with Gasteiger partial charge in [0.25, 0.3) is 5.91 Å². The molecular weight excluding hydrogens is 276 g/mol. The minimum Gasteiger partial charge on any atom is -0.395 e. The SMILES string of the molecule is Cc1cc(C(=O)NCCO)c(C)n1-c1cccc(Cl)c1. The van der Waals surface area contributed by atoms with Crippen LogP contribution in [0.4, 0.5) is 0 Å². The maximum atomic E-state index is 12.0. The number of carbonyl (C=O) groups excluding carboxylic acids is 1. The van der Waals surface area contributed by atoms with Gasteiger partial charge in [0.15, 0.2) is 0 Å². The molecule has 1 aromatic carbocycles. The molecule has 0 bridgehead atoms. The molecule has 0 unspecified atom stereocenters. The van der Waals surface area contributed by atoms with Crippen LogP contribution in [0.3, 0.4) is 0 Å². The standard InChI is InChI=1S/C15H17ClN2O2/c1-10-8-14(15(20)17-6-7-19)11(2)18(10)13-5-3-4-12(16)9-13/h3-5,8-9,19H,6-7H2,1-2H3,(H,17,20). The lowest BCUT2D eigenvalue weighted by Crippen LogP contribution is -2.26. The number of hydrogen-bond acceptors (Lipinski definition) is 2. The Balaban J connectivity index is 2.41. The van der Waals surface area contributed by atoms with Gasteiger partial charge in [-0.05, 0) is 38.1 Å². The molecule has 20 heavy (non-hydrogen) atoms. The van der Waals surface area contributed by atoms with Gasteiger partial charge in [0.05, 0.1) is 12.2 Å². The molecule has 2 aromatic rings. The number of nitrogens with one attached hydrogen (secondary N) is 1. The number of amides is 1. The van der Waals surface area contributed by atoms with Crippen LogP contribution in [0.15, 0.2) is 30.3 Å². The molecule has 0 saturated carbocycles. The summed E-state index contributed by atoms with van der Waals surface area (Å²) >= 11 is 6.02. The minimum absolute atomic E-state index is 0.0707. The molecule has 1 aromatic heterocycles. The van der Waals surface area contributed by atoms with Crippen molar-refractivity contribution in [1.29, 1.82) is 0 Å². The summed E-state index contributed by atoms with van der Waals surface area (Å²) in [5.74, 6) is -0.180. The monoisotopic (exact) mass is 292 g/mol. The summed E-state index contributed by atoms with van der Waals surface area (Å²) < 4.78 is 1.99. The molecule has 0 atom stereocenters. The third-order valence-corrected chi connectivity index (χ3v) is 3.37. The van der Waals surface area contributed by atoms with E-state index < -0.39 is 0 Å². The lowest BCUT2D eigenvalue weighted by Gasteiger charge is -2.10. The van der Waals surface area contributed by atoms with Crippen LogP contribution >= 0.6 is 11.6 Å². The molecule has 0 radical (unpaired) electrons. The van der Waals surface area contributed by atoms with Crippen LogP contribution in [0.5, 0.6) is 0 Å². The molecule has 5 heteroatoms. The van der Waals surface area contributed by atoms with Crippen LogP contribution in [0.25, 0.3) is 5.69 Å². The topological polar surface area (TPSA) is 54.3 Å². The van der Waals surface area contributed by atoms with Crippen molar-refractivity contribution in [3.8, 4) is 5.69 Å². The van der Waals surface area contributed by atoms with E-state index in [9.17, 15) is 4.79 Å². The average Bonchev–Trinajstić information content (AvgIpc) is 2.71. The van der Waals surface area contributed by atoms with Gasteiger partial charge < -0.3 is 15.0 Å². The first-order valence-electron chi connectivity index (χ1n) is 6.38. The predicted molar refractivity (Wildman–Crippen MR) is 79.7 cm³/mol. The van der Waals surface area contributed by atoms with E-state index in [0.29, 0.717) is 10.6 Å². The summed E-state index contributed by atoms with van der Waals surface area (Å²) in [7, 11) is 0. The fraction of sp³-hybridized carbons (Fsp3) is 0.267. The van der Waals surface area contributed by atoms with Gasteiger partial charge in [0, 0.05) is 28.6 Å². The zero-order valence-electron chi connectivity index (χ0n) is 11.5. The van der Waals surface area contributed by atoms with Crippen LogP contribution in [0.1, 0.15) is 21.7 Å². The van der Waals surface area contributed by atoms with E-state index in [4.69, 9.17) is 16.7 Å². The first-order valence-corrected chi connectivity index (χ1v) is 6.76. The van der Waals surface area contributed by atoms with E-state index in [1.54, 1.807) is 0 Å². The maximum absolute atomic E-state index is 12.0. The van der Waals surface area contributed by atoms with E-state index in [1.165, 1.54) is 0 Å². The second-order valence-electron chi connectivity index (χ2n) is 4.58. The number of hydrogen-bond donors (Lipinski definition) is 2. The van der Waals surface area contributed by atoms with Crippen LogP contribution < -0.4 is 5.32 Å². The van der Waals surface area contributed by atoms with Gasteiger partial charge in [-0.2, -0.15) is 0 Å². The molecule has 4 nitrogen and oxygen atoms in total. The second kappa shape index (κ2) is 6.11. The van der Waals surface area contributed by atoms with Crippen molar-refractivity contribution in [3.63, 3.8) is 0 Å². The average molecular weight is 293 g/mol. The van der Waals surface area contributed by atoms with Gasteiger partial charge in [-0.15, -0.1) is 0 Å². The number of aliphatic hydroxyl groups excluding tert-OH is 1. The molecule has 0 fully saturated rings. The number of rotatable bonds is 4. The fourth-order valence-electron chi connectivity index (χ4n) is 2.27. The zero-order chi connectivity index (χ0) is 14.7. The Labute approximate surface area is 123 Å². The summed E-state index contributed by atoms with van der Waals surface area (Å²) in [6.07, 6.45) is 0. The van der Waals surface area contributed by atoms with Gasteiger partial charge >= 0.3 is 0 Å². The van der Waals surface area contributed by atoms with Gasteiger partial charge in [0.1, 0.15) is 0 Å². The van der Waals surface area contributed by atoms with Crippen molar-refractivity contribution in [2.45, 2.75) is 13.8 Å². The van der Waals surface area contributed by atoms with Crippen molar-refractivity contribution in [2.75, 3.05) is 13.2 Å². The number of carbonyl (C=O) groups is 1. The predicted octanol–water partition coefficient (Wildman–Crippen LogP) is 2.47. The van der Waals surface area contributed by atoms with Gasteiger partial charge in [-0.3, -0.25) is 4.79 Å². The summed E-state index contributed by atoms with van der Waals surface area (Å²) in [6.45, 7) is 4.01. The van der Waals surface area contributed by atoms with Crippen molar-refractivity contribution in [2.24, 2.45) is 0 Å². The van der Waals surface area contributed by atoms with Crippen molar-refractivity contribution in [3.05, 3.63) is 52.3 Å². The Morgan fingerprint density at radius 1 is 1.35 bits per heavy atom. The lowest BCUT2D eigenvalue weighted by atomic mass is 10.2. The largest absolute Gasteiger partial charge is 0.395 e. The maximum Gasteiger partial charge on any atom is 0.253 e. The normalized spacial score (nSPS) is 10.6. The van der Waals surface area contributed by atoms with Gasteiger partial charge in [0.2, 0.25) is 0 Å². The number of halogens is 1. The first kappa shape index (κ1) is 14.6. The highest BCUT2D eigenvalue weighted by atomic mass is 35.5. The van der Waals surface area contributed by atoms with E-state index in [1.807, 2.05) is 48.7 Å². The molecule has 106 valence electrons. The fourth-order valence-corrected chi connectivity index (χ4v) is 2.45. The van der Waals surface area contributed by atoms with Crippen molar-refractivity contribution >= 4 is 17.5 Å². The quantitative estimate of drug-likeness (QED) is 0.909. The minimum atomic E-state index is -0.180. The van der Waals surface area contributed by atoms with E-state index >= 15 is 0 Å². The molecule has 0 spiro atoms. The first-order chi connectivity index (χ1) is 9.54. The van der Waals surface area contributed by atoms with Crippen molar-refractivity contribution < 1.29 is 9.90 Å². The Kier molecular flexibility index (Phi) is 4.47. The smallest absolute Gasteiger partial charge is 0.253 e. The Hall–Kier alpha value is -1.78. The molecule has 0 aliphatic rings. The summed E-state index contributed by atoms with van der Waals surface area (Å²) in [6, 6.07) is 9.33. The number of aryl methyl sites for hydroxylation is 1. The Bertz CT molecular complexity index is 635. The third-order valence-electron chi connectivity index (χ3n) is 3.14.